The standard InChI is InChI=1S/C34H36FN3O4/c1-24-21-31(29-13-7-14-30(35)33(29)37-24)42-27-16-19-38(20-17-27)22-26-11-5-6-12-28(26)34(40)36-18-8-15-32(39)41-23-25-9-3-2-4-10-25/h2-7,9-14,21,27H,8,15-20,22-23H2,1H3,(H,36,40). The number of pyridine rings is 1. The number of rotatable bonds is 11. The summed E-state index contributed by atoms with van der Waals surface area (Å²) in [4.78, 5) is 31.7. The van der Waals surface area contributed by atoms with Gasteiger partial charge in [0.05, 0.1) is 0 Å². The quantitative estimate of drug-likeness (QED) is 0.177. The number of carbonyl (C=O) groups is 2. The number of ether oxygens (including phenoxy) is 2. The molecule has 0 unspecified atom stereocenters. The van der Waals surface area contributed by atoms with E-state index < -0.39 is 0 Å². The van der Waals surface area contributed by atoms with Crippen LogP contribution in [0, 0.1) is 12.7 Å². The molecule has 0 spiro atoms. The van der Waals surface area contributed by atoms with Gasteiger partial charge < -0.3 is 14.8 Å². The van der Waals surface area contributed by atoms with Crippen LogP contribution in [0.15, 0.2) is 78.9 Å². The second-order valence-electron chi connectivity index (χ2n) is 10.7. The zero-order valence-corrected chi connectivity index (χ0v) is 23.9. The summed E-state index contributed by atoms with van der Waals surface area (Å²) >= 11 is 0. The molecular formula is C34H36FN3O4. The van der Waals surface area contributed by atoms with E-state index in [2.05, 4.69) is 15.2 Å². The zero-order chi connectivity index (χ0) is 29.3. The molecule has 1 amide bonds. The van der Waals surface area contributed by atoms with Crippen molar-refractivity contribution in [1.82, 2.24) is 15.2 Å². The van der Waals surface area contributed by atoms with Gasteiger partial charge in [-0.2, -0.15) is 0 Å². The van der Waals surface area contributed by atoms with E-state index in [1.54, 1.807) is 6.07 Å². The molecule has 1 aliphatic heterocycles. The van der Waals surface area contributed by atoms with Gasteiger partial charge >= 0.3 is 5.97 Å². The molecule has 0 saturated carbocycles. The molecule has 5 rings (SSSR count). The van der Waals surface area contributed by atoms with E-state index in [0.717, 1.165) is 42.8 Å². The predicted octanol–water partition coefficient (Wildman–Crippen LogP) is 5.98. The maximum Gasteiger partial charge on any atom is 0.306 e. The van der Waals surface area contributed by atoms with Gasteiger partial charge in [-0.25, -0.2) is 9.37 Å². The van der Waals surface area contributed by atoms with E-state index in [0.29, 0.717) is 41.7 Å². The van der Waals surface area contributed by atoms with Crippen LogP contribution in [0.5, 0.6) is 5.75 Å². The molecule has 8 heteroatoms. The first-order valence-electron chi connectivity index (χ1n) is 14.5. The molecule has 42 heavy (non-hydrogen) atoms. The lowest BCUT2D eigenvalue weighted by Crippen LogP contribution is -2.38. The monoisotopic (exact) mass is 569 g/mol. The minimum atomic E-state index is -0.347. The third kappa shape index (κ3) is 7.70. The van der Waals surface area contributed by atoms with Crippen LogP contribution in [0.4, 0.5) is 4.39 Å². The number of nitrogens with zero attached hydrogens (tertiary/aromatic N) is 2. The SMILES string of the molecule is Cc1cc(OC2CCN(Cc3ccccc3C(=O)NCCCC(=O)OCc3ccccc3)CC2)c2cccc(F)c2n1. The summed E-state index contributed by atoms with van der Waals surface area (Å²) in [5.41, 5.74) is 3.61. The highest BCUT2D eigenvalue weighted by Gasteiger charge is 2.23. The van der Waals surface area contributed by atoms with Gasteiger partial charge in [-0.05, 0) is 55.5 Å². The van der Waals surface area contributed by atoms with Crippen molar-refractivity contribution in [2.75, 3.05) is 19.6 Å². The number of amides is 1. The number of fused-ring (bicyclic) bond motifs is 1. The van der Waals surface area contributed by atoms with Gasteiger partial charge in [-0.15, -0.1) is 0 Å². The Kier molecular flexibility index (Phi) is 9.77. The Labute approximate surface area is 245 Å². The molecule has 0 aliphatic carbocycles. The maximum atomic E-state index is 14.3. The Hall–Kier alpha value is -4.30. The van der Waals surface area contributed by atoms with Crippen molar-refractivity contribution in [2.45, 2.75) is 51.9 Å². The second kappa shape index (κ2) is 14.0. The second-order valence-corrected chi connectivity index (χ2v) is 10.7. The van der Waals surface area contributed by atoms with Crippen LogP contribution in [0.25, 0.3) is 10.9 Å². The smallest absolute Gasteiger partial charge is 0.306 e. The molecule has 3 aromatic carbocycles. The lowest BCUT2D eigenvalue weighted by atomic mass is 10.0. The van der Waals surface area contributed by atoms with Crippen LogP contribution in [0.1, 0.15) is 52.9 Å². The Balaban J connectivity index is 1.08. The number of hydrogen-bond donors (Lipinski definition) is 1. The summed E-state index contributed by atoms with van der Waals surface area (Å²) in [6, 6.07) is 24.0. The Bertz CT molecular complexity index is 1520. The van der Waals surface area contributed by atoms with E-state index in [1.807, 2.05) is 73.7 Å². The molecule has 1 aliphatic rings. The van der Waals surface area contributed by atoms with Gasteiger partial charge in [-0.1, -0.05) is 54.6 Å². The molecular weight excluding hydrogens is 533 g/mol. The number of aromatic nitrogens is 1. The number of esters is 1. The minimum Gasteiger partial charge on any atom is -0.490 e. The Morgan fingerprint density at radius 3 is 2.57 bits per heavy atom. The highest BCUT2D eigenvalue weighted by atomic mass is 19.1. The fraction of sp³-hybridized carbons (Fsp3) is 0.324. The molecule has 0 radical (unpaired) electrons. The maximum absolute atomic E-state index is 14.3. The molecule has 4 aromatic rings. The molecule has 1 fully saturated rings. The fourth-order valence-corrected chi connectivity index (χ4v) is 5.23. The normalized spacial score (nSPS) is 14.0. The summed E-state index contributed by atoms with van der Waals surface area (Å²) in [6.07, 6.45) is 2.43. The first-order chi connectivity index (χ1) is 20.5. The molecule has 0 atom stereocenters. The number of nitrogens with one attached hydrogen (secondary N) is 1. The van der Waals surface area contributed by atoms with Gasteiger partial charge in [0.1, 0.15) is 29.8 Å². The van der Waals surface area contributed by atoms with Crippen LogP contribution in [-0.2, 0) is 22.7 Å². The van der Waals surface area contributed by atoms with Gasteiger partial charge in [-0.3, -0.25) is 14.5 Å². The molecule has 1 N–H and O–H groups in total. The third-order valence-corrected chi connectivity index (χ3v) is 7.45. The van der Waals surface area contributed by atoms with Crippen LogP contribution in [0.2, 0.25) is 0 Å². The van der Waals surface area contributed by atoms with Crippen LogP contribution < -0.4 is 10.1 Å². The fourth-order valence-electron chi connectivity index (χ4n) is 5.23. The van der Waals surface area contributed by atoms with E-state index in [1.165, 1.54) is 6.07 Å². The summed E-state index contributed by atoms with van der Waals surface area (Å²) in [5.74, 6) is -0.101. The van der Waals surface area contributed by atoms with Crippen molar-refractivity contribution < 1.29 is 23.5 Å². The van der Waals surface area contributed by atoms with Crippen LogP contribution >= 0.6 is 0 Å². The molecule has 1 saturated heterocycles. The van der Waals surface area contributed by atoms with E-state index >= 15 is 0 Å². The van der Waals surface area contributed by atoms with E-state index in [-0.39, 0.29) is 36.8 Å². The lowest BCUT2D eigenvalue weighted by Gasteiger charge is -2.32. The number of benzene rings is 3. The van der Waals surface area contributed by atoms with Crippen LogP contribution in [-0.4, -0.2) is 47.5 Å². The molecule has 2 heterocycles. The molecule has 1 aromatic heterocycles. The molecule has 7 nitrogen and oxygen atoms in total. The highest BCUT2D eigenvalue weighted by Crippen LogP contribution is 2.30. The average molecular weight is 570 g/mol. The first-order valence-corrected chi connectivity index (χ1v) is 14.5. The number of likely N-dealkylation sites (tertiary alicyclic amines) is 1. The lowest BCUT2D eigenvalue weighted by molar-refractivity contribution is -0.145. The first kappa shape index (κ1) is 29.2. The van der Waals surface area contributed by atoms with Gasteiger partial charge in [0.2, 0.25) is 0 Å². The summed E-state index contributed by atoms with van der Waals surface area (Å²) in [7, 11) is 0. The average Bonchev–Trinajstić information content (AvgIpc) is 3.00. The number of carbonyl (C=O) groups excluding carboxylic acids is 2. The Morgan fingerprint density at radius 1 is 1.00 bits per heavy atom. The third-order valence-electron chi connectivity index (χ3n) is 7.45. The number of para-hydroxylation sites is 1. The van der Waals surface area contributed by atoms with Crippen molar-refractivity contribution in [2.24, 2.45) is 0 Å². The number of piperidine rings is 1. The zero-order valence-electron chi connectivity index (χ0n) is 23.9. The number of halogens is 1. The largest absolute Gasteiger partial charge is 0.490 e. The van der Waals surface area contributed by atoms with Crippen molar-refractivity contribution in [3.8, 4) is 5.75 Å². The predicted molar refractivity (Wildman–Crippen MR) is 160 cm³/mol. The topological polar surface area (TPSA) is 80.8 Å². The van der Waals surface area contributed by atoms with Gasteiger partial charge in [0.25, 0.3) is 5.91 Å². The van der Waals surface area contributed by atoms with E-state index in [9.17, 15) is 14.0 Å². The van der Waals surface area contributed by atoms with E-state index in [4.69, 9.17) is 9.47 Å². The summed E-state index contributed by atoms with van der Waals surface area (Å²) in [5, 5.41) is 3.63. The molecule has 0 bridgehead atoms. The van der Waals surface area contributed by atoms with Crippen molar-refractivity contribution in [3.05, 3.63) is 107 Å². The number of aryl methyl sites for hydroxylation is 1. The summed E-state index contributed by atoms with van der Waals surface area (Å²) in [6.45, 7) is 4.79. The number of hydrogen-bond acceptors (Lipinski definition) is 6. The highest BCUT2D eigenvalue weighted by molar-refractivity contribution is 5.95. The van der Waals surface area contributed by atoms with Gasteiger partial charge in [0, 0.05) is 55.3 Å². The van der Waals surface area contributed by atoms with Crippen molar-refractivity contribution >= 4 is 22.8 Å². The minimum absolute atomic E-state index is 0.0208. The summed E-state index contributed by atoms with van der Waals surface area (Å²) < 4.78 is 26.0. The van der Waals surface area contributed by atoms with Crippen molar-refractivity contribution in [1.29, 1.82) is 0 Å². The van der Waals surface area contributed by atoms with Crippen LogP contribution in [0.3, 0.4) is 0 Å². The van der Waals surface area contributed by atoms with Gasteiger partial charge in [0.15, 0.2) is 0 Å². The Morgan fingerprint density at radius 2 is 1.76 bits per heavy atom. The van der Waals surface area contributed by atoms with Crippen molar-refractivity contribution in [3.63, 3.8) is 0 Å². The molecule has 218 valence electrons.